The number of rotatable bonds is 2. The number of imidazole rings is 2. The van der Waals surface area contributed by atoms with Gasteiger partial charge in [-0.15, -0.1) is 0 Å². The average molecular weight is 443 g/mol. The standard InChI is InChI=1S/C30H26N4/c1-16(2)30-33-27-13-11-24-22-8-4-18(14-20(22)6-10-25(24)29(27)34-30)19-5-9-23-21(15-19)7-12-26-28(23)32-17(3)31-26/h4-5,7-9,11-16H,6,10H2,1-3H3,(H,31,32)(H,33,34). The molecule has 0 spiro atoms. The second-order valence-electron chi connectivity index (χ2n) is 9.86. The van der Waals surface area contributed by atoms with Gasteiger partial charge in [-0.25, -0.2) is 9.97 Å². The van der Waals surface area contributed by atoms with E-state index < -0.39 is 0 Å². The molecule has 0 unspecified atom stereocenters. The first-order valence-corrected chi connectivity index (χ1v) is 12.1. The number of aromatic nitrogens is 4. The quantitative estimate of drug-likeness (QED) is 0.292. The lowest BCUT2D eigenvalue weighted by molar-refractivity contribution is 0.798. The summed E-state index contributed by atoms with van der Waals surface area (Å²) in [6.07, 6.45) is 2.07. The molecule has 4 aromatic carbocycles. The van der Waals surface area contributed by atoms with Crippen LogP contribution in [0.5, 0.6) is 0 Å². The molecule has 1 aliphatic rings. The molecule has 0 radical (unpaired) electrons. The van der Waals surface area contributed by atoms with Crippen molar-refractivity contribution in [1.82, 2.24) is 19.9 Å². The smallest absolute Gasteiger partial charge is 0.109 e. The molecule has 166 valence electrons. The number of nitrogens with one attached hydrogen (secondary N) is 2. The van der Waals surface area contributed by atoms with Gasteiger partial charge in [0.1, 0.15) is 11.6 Å². The lowest BCUT2D eigenvalue weighted by Crippen LogP contribution is -2.05. The molecule has 0 bridgehead atoms. The minimum absolute atomic E-state index is 0.400. The van der Waals surface area contributed by atoms with Gasteiger partial charge in [-0.2, -0.15) is 0 Å². The third-order valence-electron chi connectivity index (χ3n) is 7.28. The van der Waals surface area contributed by atoms with E-state index in [1.165, 1.54) is 44.2 Å². The molecule has 2 N–H and O–H groups in total. The lowest BCUT2D eigenvalue weighted by Gasteiger charge is -2.21. The van der Waals surface area contributed by atoms with E-state index in [0.29, 0.717) is 5.92 Å². The predicted molar refractivity (Wildman–Crippen MR) is 140 cm³/mol. The van der Waals surface area contributed by atoms with Crippen LogP contribution in [0.3, 0.4) is 0 Å². The van der Waals surface area contributed by atoms with Crippen molar-refractivity contribution in [2.24, 2.45) is 0 Å². The molecule has 0 amide bonds. The van der Waals surface area contributed by atoms with Gasteiger partial charge in [0.15, 0.2) is 0 Å². The van der Waals surface area contributed by atoms with E-state index in [4.69, 9.17) is 9.97 Å². The van der Waals surface area contributed by atoms with Crippen LogP contribution in [0.1, 0.15) is 42.5 Å². The fourth-order valence-electron chi connectivity index (χ4n) is 5.54. The number of aromatic amines is 2. The Hall–Kier alpha value is -3.92. The Balaban J connectivity index is 1.32. The number of hydrogen-bond acceptors (Lipinski definition) is 2. The van der Waals surface area contributed by atoms with Crippen molar-refractivity contribution in [3.63, 3.8) is 0 Å². The molecule has 2 aromatic heterocycles. The molecule has 0 aliphatic heterocycles. The average Bonchev–Trinajstić information content (AvgIpc) is 3.46. The molecule has 0 saturated heterocycles. The third-order valence-corrected chi connectivity index (χ3v) is 7.28. The Labute approximate surface area is 198 Å². The molecule has 0 atom stereocenters. The number of fused-ring (bicyclic) bond motifs is 8. The largest absolute Gasteiger partial charge is 0.342 e. The molecule has 34 heavy (non-hydrogen) atoms. The first-order chi connectivity index (χ1) is 16.5. The topological polar surface area (TPSA) is 57.4 Å². The van der Waals surface area contributed by atoms with Gasteiger partial charge in [-0.1, -0.05) is 56.3 Å². The van der Waals surface area contributed by atoms with E-state index in [-0.39, 0.29) is 0 Å². The zero-order chi connectivity index (χ0) is 23.0. The van der Waals surface area contributed by atoms with Gasteiger partial charge in [-0.05, 0) is 76.7 Å². The van der Waals surface area contributed by atoms with Crippen LogP contribution < -0.4 is 0 Å². The predicted octanol–water partition coefficient (Wildman–Crippen LogP) is 7.46. The SMILES string of the molecule is Cc1nc2c(ccc3cc(-c4ccc5c(c4)CCc4c-5ccc5[nH]c(C(C)C)nc45)ccc32)[nH]1. The normalized spacial score (nSPS) is 13.2. The molecule has 6 aromatic rings. The van der Waals surface area contributed by atoms with E-state index in [2.05, 4.69) is 84.5 Å². The maximum Gasteiger partial charge on any atom is 0.109 e. The summed E-state index contributed by atoms with van der Waals surface area (Å²) >= 11 is 0. The van der Waals surface area contributed by atoms with Crippen molar-refractivity contribution >= 4 is 32.8 Å². The maximum absolute atomic E-state index is 4.95. The van der Waals surface area contributed by atoms with Crippen LogP contribution in [0.15, 0.2) is 60.7 Å². The molecule has 1 aliphatic carbocycles. The van der Waals surface area contributed by atoms with Crippen LogP contribution in [0, 0.1) is 6.92 Å². The zero-order valence-corrected chi connectivity index (χ0v) is 19.7. The first-order valence-electron chi connectivity index (χ1n) is 12.1. The minimum Gasteiger partial charge on any atom is -0.342 e. The molecule has 2 heterocycles. The van der Waals surface area contributed by atoms with Crippen LogP contribution in [0.25, 0.3) is 55.1 Å². The van der Waals surface area contributed by atoms with Gasteiger partial charge in [0.05, 0.1) is 22.1 Å². The van der Waals surface area contributed by atoms with E-state index in [0.717, 1.165) is 46.6 Å². The number of nitrogens with zero attached hydrogens (tertiary/aromatic N) is 2. The monoisotopic (exact) mass is 442 g/mol. The Morgan fingerprint density at radius 2 is 1.50 bits per heavy atom. The van der Waals surface area contributed by atoms with Crippen LogP contribution >= 0.6 is 0 Å². The van der Waals surface area contributed by atoms with Crippen molar-refractivity contribution in [2.45, 2.75) is 39.5 Å². The summed E-state index contributed by atoms with van der Waals surface area (Å²) in [6.45, 7) is 6.38. The zero-order valence-electron chi connectivity index (χ0n) is 19.7. The van der Waals surface area contributed by atoms with E-state index in [1.807, 2.05) is 6.92 Å². The lowest BCUT2D eigenvalue weighted by atomic mass is 9.83. The third kappa shape index (κ3) is 2.84. The van der Waals surface area contributed by atoms with Gasteiger partial charge in [0.2, 0.25) is 0 Å². The van der Waals surface area contributed by atoms with Crippen LogP contribution in [-0.2, 0) is 12.8 Å². The highest BCUT2D eigenvalue weighted by molar-refractivity contribution is 6.05. The van der Waals surface area contributed by atoms with Gasteiger partial charge in [0, 0.05) is 11.3 Å². The molecular formula is C30H26N4. The first kappa shape index (κ1) is 19.5. The second-order valence-corrected chi connectivity index (χ2v) is 9.86. The fraction of sp³-hybridized carbons (Fsp3) is 0.200. The summed E-state index contributed by atoms with van der Waals surface area (Å²) < 4.78 is 0. The summed E-state index contributed by atoms with van der Waals surface area (Å²) in [4.78, 5) is 16.5. The number of hydrogen-bond donors (Lipinski definition) is 2. The Kier molecular flexibility index (Phi) is 4.04. The van der Waals surface area contributed by atoms with Crippen molar-refractivity contribution < 1.29 is 0 Å². The van der Waals surface area contributed by atoms with Crippen LogP contribution in [0.2, 0.25) is 0 Å². The summed E-state index contributed by atoms with van der Waals surface area (Å²) in [5.74, 6) is 2.42. The van der Waals surface area contributed by atoms with E-state index in [9.17, 15) is 0 Å². The summed E-state index contributed by atoms with van der Waals surface area (Å²) in [7, 11) is 0. The highest BCUT2D eigenvalue weighted by Gasteiger charge is 2.21. The molecular weight excluding hydrogens is 416 g/mol. The maximum atomic E-state index is 4.95. The summed E-state index contributed by atoms with van der Waals surface area (Å²) in [6, 6.07) is 22.5. The molecule has 7 rings (SSSR count). The summed E-state index contributed by atoms with van der Waals surface area (Å²) in [5, 5.41) is 2.42. The van der Waals surface area contributed by atoms with Crippen LogP contribution in [-0.4, -0.2) is 19.9 Å². The Morgan fingerprint density at radius 3 is 2.38 bits per heavy atom. The van der Waals surface area contributed by atoms with Crippen molar-refractivity contribution in [2.75, 3.05) is 0 Å². The van der Waals surface area contributed by atoms with Gasteiger partial charge in [0.25, 0.3) is 0 Å². The molecule has 0 saturated carbocycles. The van der Waals surface area contributed by atoms with Gasteiger partial charge < -0.3 is 9.97 Å². The fourth-order valence-corrected chi connectivity index (χ4v) is 5.54. The Bertz CT molecular complexity index is 1750. The molecule has 4 nitrogen and oxygen atoms in total. The highest BCUT2D eigenvalue weighted by Crippen LogP contribution is 2.39. The number of H-pyrrole nitrogens is 2. The highest BCUT2D eigenvalue weighted by atomic mass is 14.9. The van der Waals surface area contributed by atoms with Crippen molar-refractivity contribution in [3.05, 3.63) is 83.4 Å². The molecule has 0 fully saturated rings. The van der Waals surface area contributed by atoms with Crippen molar-refractivity contribution in [1.29, 1.82) is 0 Å². The van der Waals surface area contributed by atoms with E-state index >= 15 is 0 Å². The Morgan fingerprint density at radius 1 is 0.735 bits per heavy atom. The minimum atomic E-state index is 0.400. The number of aryl methyl sites for hydroxylation is 3. The van der Waals surface area contributed by atoms with Gasteiger partial charge in [-0.3, -0.25) is 0 Å². The second kappa shape index (κ2) is 7.04. The van der Waals surface area contributed by atoms with E-state index in [1.54, 1.807) is 0 Å². The number of benzene rings is 4. The van der Waals surface area contributed by atoms with Crippen molar-refractivity contribution in [3.8, 4) is 22.3 Å². The van der Waals surface area contributed by atoms with Crippen LogP contribution in [0.4, 0.5) is 0 Å². The summed E-state index contributed by atoms with van der Waals surface area (Å²) in [5.41, 5.74) is 12.4. The van der Waals surface area contributed by atoms with Gasteiger partial charge >= 0.3 is 0 Å². The molecule has 4 heteroatoms.